The molecule has 0 radical (unpaired) electrons. The van der Waals surface area contributed by atoms with E-state index in [1.807, 2.05) is 51.1 Å². The highest BCUT2D eigenvalue weighted by molar-refractivity contribution is 6.18. The molecule has 0 aromatic heterocycles. The first kappa shape index (κ1) is 21.7. The molecule has 2 rings (SSSR count). The normalized spacial score (nSPS) is 16.2. The molecule has 1 aliphatic rings. The van der Waals surface area contributed by atoms with Gasteiger partial charge in [0, 0.05) is 11.1 Å². The number of carbonyl (C=O) groups is 2. The molecule has 1 aliphatic heterocycles. The number of benzene rings is 1. The van der Waals surface area contributed by atoms with Crippen LogP contribution in [0.15, 0.2) is 52.6 Å². The van der Waals surface area contributed by atoms with E-state index in [0.29, 0.717) is 17.8 Å². The van der Waals surface area contributed by atoms with Gasteiger partial charge in [-0.15, -0.1) is 0 Å². The number of nitrogens with one attached hydrogen (secondary N) is 1. The van der Waals surface area contributed by atoms with Crippen LogP contribution in [0.1, 0.15) is 59.9 Å². The van der Waals surface area contributed by atoms with Gasteiger partial charge in [-0.1, -0.05) is 38.5 Å². The Labute approximate surface area is 168 Å². The van der Waals surface area contributed by atoms with Crippen molar-refractivity contribution in [1.29, 1.82) is 0 Å². The van der Waals surface area contributed by atoms with E-state index in [1.54, 1.807) is 0 Å². The standard InChI is InChI=1S/C24H31NO3/c1-7-13-28-19-11-9-18(10-12-19)20(16(5)8-2)14-21-17(6)22(15(3)4)24(27)25-23(21)26/h9-12,14,16H,7-8,13H2,1-6H3,(H,25,26,27)/b20-14+. The fourth-order valence-corrected chi connectivity index (χ4v) is 3.33. The van der Waals surface area contributed by atoms with E-state index in [1.165, 1.54) is 0 Å². The van der Waals surface area contributed by atoms with E-state index in [4.69, 9.17) is 4.74 Å². The zero-order valence-electron chi connectivity index (χ0n) is 17.8. The summed E-state index contributed by atoms with van der Waals surface area (Å²) >= 11 is 0. The van der Waals surface area contributed by atoms with Crippen molar-refractivity contribution in [3.63, 3.8) is 0 Å². The molecule has 1 N–H and O–H groups in total. The lowest BCUT2D eigenvalue weighted by molar-refractivity contribution is -0.126. The maximum atomic E-state index is 12.6. The van der Waals surface area contributed by atoms with Gasteiger partial charge in [0.15, 0.2) is 0 Å². The SMILES string of the molecule is CCCOc1ccc(/C(=C/C2=C(C)C(=C(C)C)C(=O)NC2=O)C(C)CC)cc1. The fraction of sp³-hybridized carbons (Fsp3) is 0.417. The molecule has 4 heteroatoms. The Morgan fingerprint density at radius 3 is 2.29 bits per heavy atom. The van der Waals surface area contributed by atoms with Crippen molar-refractivity contribution in [3.05, 3.63) is 58.2 Å². The van der Waals surface area contributed by atoms with Crippen LogP contribution >= 0.6 is 0 Å². The van der Waals surface area contributed by atoms with Gasteiger partial charge in [0.2, 0.25) is 0 Å². The van der Waals surface area contributed by atoms with Crippen LogP contribution in [-0.4, -0.2) is 18.4 Å². The Hall–Kier alpha value is -2.62. The minimum atomic E-state index is -0.337. The van der Waals surface area contributed by atoms with E-state index in [-0.39, 0.29) is 17.7 Å². The summed E-state index contributed by atoms with van der Waals surface area (Å²) < 4.78 is 5.68. The molecule has 0 bridgehead atoms. The summed E-state index contributed by atoms with van der Waals surface area (Å²) in [4.78, 5) is 24.8. The monoisotopic (exact) mass is 381 g/mol. The summed E-state index contributed by atoms with van der Waals surface area (Å²) in [7, 11) is 0. The molecule has 1 heterocycles. The van der Waals surface area contributed by atoms with Crippen LogP contribution in [0.25, 0.3) is 5.57 Å². The van der Waals surface area contributed by atoms with Gasteiger partial charge in [-0.05, 0) is 74.4 Å². The number of rotatable bonds is 7. The van der Waals surface area contributed by atoms with Crippen molar-refractivity contribution < 1.29 is 14.3 Å². The molecule has 0 saturated heterocycles. The molecular weight excluding hydrogens is 350 g/mol. The lowest BCUT2D eigenvalue weighted by atomic mass is 9.86. The Morgan fingerprint density at radius 1 is 1.11 bits per heavy atom. The Kier molecular flexibility index (Phi) is 7.38. The van der Waals surface area contributed by atoms with Crippen molar-refractivity contribution in [1.82, 2.24) is 5.32 Å². The number of imide groups is 1. The predicted octanol–water partition coefficient (Wildman–Crippen LogP) is 5.21. The van der Waals surface area contributed by atoms with Crippen molar-refractivity contribution in [2.45, 2.75) is 54.4 Å². The van der Waals surface area contributed by atoms with Gasteiger partial charge in [0.25, 0.3) is 11.8 Å². The third-order valence-corrected chi connectivity index (χ3v) is 5.08. The number of hydrogen-bond acceptors (Lipinski definition) is 3. The van der Waals surface area contributed by atoms with Crippen LogP contribution < -0.4 is 10.1 Å². The number of allylic oxidation sites excluding steroid dienone is 2. The highest BCUT2D eigenvalue weighted by Crippen LogP contribution is 2.32. The Morgan fingerprint density at radius 2 is 1.75 bits per heavy atom. The maximum absolute atomic E-state index is 12.6. The van der Waals surface area contributed by atoms with Gasteiger partial charge in [0.05, 0.1) is 6.61 Å². The second-order valence-electron chi connectivity index (χ2n) is 7.48. The minimum Gasteiger partial charge on any atom is -0.494 e. The van der Waals surface area contributed by atoms with Crippen molar-refractivity contribution >= 4 is 17.4 Å². The molecule has 4 nitrogen and oxygen atoms in total. The zero-order chi connectivity index (χ0) is 20.8. The van der Waals surface area contributed by atoms with Crippen LogP contribution in [0, 0.1) is 5.92 Å². The van der Waals surface area contributed by atoms with Crippen LogP contribution in [0.5, 0.6) is 5.75 Å². The van der Waals surface area contributed by atoms with Gasteiger partial charge in [-0.3, -0.25) is 14.9 Å². The topological polar surface area (TPSA) is 55.4 Å². The molecule has 28 heavy (non-hydrogen) atoms. The van der Waals surface area contributed by atoms with Gasteiger partial charge < -0.3 is 4.74 Å². The van der Waals surface area contributed by atoms with Crippen LogP contribution in [0.3, 0.4) is 0 Å². The van der Waals surface area contributed by atoms with Gasteiger partial charge in [-0.25, -0.2) is 0 Å². The van der Waals surface area contributed by atoms with E-state index >= 15 is 0 Å². The Bertz CT molecular complexity index is 837. The van der Waals surface area contributed by atoms with Gasteiger partial charge in [0.1, 0.15) is 5.75 Å². The zero-order valence-corrected chi connectivity index (χ0v) is 17.8. The number of hydrogen-bond donors (Lipinski definition) is 1. The number of amides is 2. The average molecular weight is 382 g/mol. The third kappa shape index (κ3) is 4.80. The second-order valence-corrected chi connectivity index (χ2v) is 7.48. The van der Waals surface area contributed by atoms with Crippen LogP contribution in [0.4, 0.5) is 0 Å². The Balaban J connectivity index is 2.53. The van der Waals surface area contributed by atoms with E-state index in [9.17, 15) is 9.59 Å². The molecule has 150 valence electrons. The molecule has 1 aromatic carbocycles. The molecule has 0 saturated carbocycles. The van der Waals surface area contributed by atoms with Gasteiger partial charge in [-0.2, -0.15) is 0 Å². The summed E-state index contributed by atoms with van der Waals surface area (Å²) in [5.74, 6) is 0.457. The minimum absolute atomic E-state index is 0.267. The molecule has 0 fully saturated rings. The lowest BCUT2D eigenvalue weighted by Crippen LogP contribution is -2.38. The summed E-state index contributed by atoms with van der Waals surface area (Å²) in [5.41, 5.74) is 4.92. The third-order valence-electron chi connectivity index (χ3n) is 5.08. The second kappa shape index (κ2) is 9.54. The number of carbonyl (C=O) groups excluding carboxylic acids is 2. The molecule has 0 aliphatic carbocycles. The van der Waals surface area contributed by atoms with Gasteiger partial charge >= 0.3 is 0 Å². The maximum Gasteiger partial charge on any atom is 0.258 e. The highest BCUT2D eigenvalue weighted by Gasteiger charge is 2.27. The molecule has 2 amide bonds. The highest BCUT2D eigenvalue weighted by atomic mass is 16.5. The molecule has 1 aromatic rings. The summed E-state index contributed by atoms with van der Waals surface area (Å²) in [6.07, 6.45) is 3.85. The smallest absolute Gasteiger partial charge is 0.258 e. The van der Waals surface area contributed by atoms with Crippen molar-refractivity contribution in [2.24, 2.45) is 5.92 Å². The van der Waals surface area contributed by atoms with Crippen LogP contribution in [-0.2, 0) is 9.59 Å². The quantitative estimate of drug-likeness (QED) is 0.521. The molecule has 0 spiro atoms. The summed E-state index contributed by atoms with van der Waals surface area (Å²) in [6.45, 7) is 12.7. The van der Waals surface area contributed by atoms with Crippen LogP contribution in [0.2, 0.25) is 0 Å². The first-order chi connectivity index (χ1) is 13.3. The molecular formula is C24H31NO3. The predicted molar refractivity (Wildman–Crippen MR) is 114 cm³/mol. The molecule has 1 unspecified atom stereocenters. The van der Waals surface area contributed by atoms with E-state index < -0.39 is 0 Å². The van der Waals surface area contributed by atoms with Crippen molar-refractivity contribution in [2.75, 3.05) is 6.61 Å². The first-order valence-corrected chi connectivity index (χ1v) is 9.99. The summed E-state index contributed by atoms with van der Waals surface area (Å²) in [6, 6.07) is 8.00. The molecule has 1 atom stereocenters. The summed E-state index contributed by atoms with van der Waals surface area (Å²) in [5, 5.41) is 2.48. The van der Waals surface area contributed by atoms with E-state index in [0.717, 1.165) is 40.9 Å². The fourth-order valence-electron chi connectivity index (χ4n) is 3.33. The van der Waals surface area contributed by atoms with Crippen molar-refractivity contribution in [3.8, 4) is 5.75 Å². The number of ether oxygens (including phenoxy) is 1. The lowest BCUT2D eigenvalue weighted by Gasteiger charge is -2.22. The van der Waals surface area contributed by atoms with E-state index in [2.05, 4.69) is 26.1 Å². The average Bonchev–Trinajstić information content (AvgIpc) is 2.66. The largest absolute Gasteiger partial charge is 0.494 e. The first-order valence-electron chi connectivity index (χ1n) is 9.99.